The fraction of sp³-hybridized carbons (Fsp3) is 0.185. The van der Waals surface area contributed by atoms with Gasteiger partial charge in [0.2, 0.25) is 0 Å². The second-order valence-electron chi connectivity index (χ2n) is 8.98. The summed E-state index contributed by atoms with van der Waals surface area (Å²) in [5, 5.41) is 15.5. The zero-order valence-electron chi connectivity index (χ0n) is 21.1. The van der Waals surface area contributed by atoms with Crippen molar-refractivity contribution in [1.29, 1.82) is 0 Å². The Bertz CT molecular complexity index is 1500. The first kappa shape index (κ1) is 27.0. The number of hydrogen-bond donors (Lipinski definition) is 4. The highest BCUT2D eigenvalue weighted by atomic mass is 32.2. The molecule has 0 aromatic heterocycles. The van der Waals surface area contributed by atoms with Crippen molar-refractivity contribution in [1.82, 2.24) is 9.79 Å². The normalized spacial score (nSPS) is 14.3. The summed E-state index contributed by atoms with van der Waals surface area (Å²) in [6.07, 6.45) is 0. The molecule has 0 spiro atoms. The lowest BCUT2D eigenvalue weighted by Gasteiger charge is -2.16. The molecule has 4 rings (SSSR count). The molecule has 0 atom stereocenters. The van der Waals surface area contributed by atoms with Gasteiger partial charge in [-0.15, -0.1) is 0 Å². The lowest BCUT2D eigenvalue weighted by molar-refractivity contribution is -0.110. The smallest absolute Gasteiger partial charge is 0.336 e. The molecule has 0 bridgehead atoms. The van der Waals surface area contributed by atoms with Crippen LogP contribution >= 0.6 is 0 Å². The molecule has 0 saturated heterocycles. The lowest BCUT2D eigenvalue weighted by Crippen LogP contribution is -2.28. The van der Waals surface area contributed by atoms with E-state index >= 15 is 0 Å². The van der Waals surface area contributed by atoms with Gasteiger partial charge in [0.05, 0.1) is 34.0 Å². The van der Waals surface area contributed by atoms with Crippen LogP contribution in [0.3, 0.4) is 0 Å². The Balaban J connectivity index is 1.68. The fourth-order valence-electron chi connectivity index (χ4n) is 3.95. The number of anilines is 2. The zero-order chi connectivity index (χ0) is 27.4. The molecule has 11 heteroatoms. The highest BCUT2D eigenvalue weighted by molar-refractivity contribution is 7.89. The van der Waals surface area contributed by atoms with Crippen molar-refractivity contribution in [2.24, 2.45) is 0 Å². The molecule has 1 aliphatic rings. The summed E-state index contributed by atoms with van der Waals surface area (Å²) in [7, 11) is -0.174. The number of carbonyl (C=O) groups excluding carboxylic acids is 1. The van der Waals surface area contributed by atoms with Crippen LogP contribution in [0.15, 0.2) is 71.6 Å². The molecule has 0 unspecified atom stereocenters. The average Bonchev–Trinajstić information content (AvgIpc) is 3.19. The summed E-state index contributed by atoms with van der Waals surface area (Å²) < 4.78 is 25.1. The van der Waals surface area contributed by atoms with E-state index in [2.05, 4.69) is 15.5 Å². The molecule has 10 nitrogen and oxygen atoms in total. The van der Waals surface area contributed by atoms with Crippen LogP contribution in [0.25, 0.3) is 11.3 Å². The molecule has 1 heterocycles. The Labute approximate surface area is 220 Å². The summed E-state index contributed by atoms with van der Waals surface area (Å²) in [5.41, 5.74) is 3.71. The van der Waals surface area contributed by atoms with Crippen LogP contribution in [0.2, 0.25) is 0 Å². The SMILES string of the molecule is Cc1cc2c(cc1C(=O)O)NC(=O)/C2=C(\Nc1ccc(S(=O)(=O)NOCCN(C)C)cc1)c1ccccc1. The molecule has 4 N–H and O–H groups in total. The van der Waals surface area contributed by atoms with Crippen LogP contribution in [0.5, 0.6) is 0 Å². The molecule has 0 aliphatic carbocycles. The number of sulfonamides is 1. The summed E-state index contributed by atoms with van der Waals surface area (Å²) in [6, 6.07) is 18.4. The number of carbonyl (C=O) groups is 2. The maximum absolute atomic E-state index is 13.1. The van der Waals surface area contributed by atoms with E-state index in [9.17, 15) is 23.1 Å². The standard InChI is InChI=1S/C27H28N4O6S/c1-17-15-22-23(16-21(17)27(33)34)29-26(32)24(22)25(18-7-5-4-6-8-18)28-19-9-11-20(12-10-19)38(35,36)30-37-14-13-31(2)3/h4-12,15-16,28,30H,13-14H2,1-3H3,(H,29,32)(H,33,34)/b25-24-. The Morgan fingerprint density at radius 2 is 1.74 bits per heavy atom. The second kappa shape index (κ2) is 11.2. The minimum atomic E-state index is -3.88. The van der Waals surface area contributed by atoms with Gasteiger partial charge < -0.3 is 20.6 Å². The number of benzene rings is 3. The maximum atomic E-state index is 13.1. The van der Waals surface area contributed by atoms with Crippen LogP contribution in [0, 0.1) is 6.92 Å². The van der Waals surface area contributed by atoms with Gasteiger partial charge in [-0.1, -0.05) is 35.2 Å². The number of aryl methyl sites for hydroxylation is 1. The van der Waals surface area contributed by atoms with Crippen LogP contribution in [0.4, 0.5) is 11.4 Å². The first-order valence-corrected chi connectivity index (χ1v) is 13.2. The fourth-order valence-corrected chi connectivity index (χ4v) is 4.77. The Morgan fingerprint density at radius 3 is 2.37 bits per heavy atom. The topological polar surface area (TPSA) is 137 Å². The highest BCUT2D eigenvalue weighted by Gasteiger charge is 2.30. The van der Waals surface area contributed by atoms with Crippen LogP contribution in [0.1, 0.15) is 27.0 Å². The van der Waals surface area contributed by atoms with E-state index in [-0.39, 0.29) is 23.0 Å². The summed E-state index contributed by atoms with van der Waals surface area (Å²) in [5.74, 6) is -1.46. The molecule has 0 radical (unpaired) electrons. The van der Waals surface area contributed by atoms with Gasteiger partial charge in [0.1, 0.15) is 0 Å². The Kier molecular flexibility index (Phi) is 7.93. The predicted octanol–water partition coefficient (Wildman–Crippen LogP) is 3.40. The van der Waals surface area contributed by atoms with Crippen LogP contribution in [-0.4, -0.2) is 57.5 Å². The monoisotopic (exact) mass is 536 g/mol. The number of nitrogens with zero attached hydrogens (tertiary/aromatic N) is 1. The van der Waals surface area contributed by atoms with E-state index in [1.54, 1.807) is 25.1 Å². The number of hydrogen-bond acceptors (Lipinski definition) is 7. The molecule has 0 saturated carbocycles. The maximum Gasteiger partial charge on any atom is 0.336 e. The molecule has 198 valence electrons. The molecule has 1 aliphatic heterocycles. The van der Waals surface area contributed by atoms with Crippen molar-refractivity contribution in [3.63, 3.8) is 0 Å². The predicted molar refractivity (Wildman–Crippen MR) is 145 cm³/mol. The van der Waals surface area contributed by atoms with Crippen LogP contribution < -0.4 is 15.5 Å². The van der Waals surface area contributed by atoms with Crippen molar-refractivity contribution in [2.45, 2.75) is 11.8 Å². The zero-order valence-corrected chi connectivity index (χ0v) is 21.9. The van der Waals surface area contributed by atoms with Crippen molar-refractivity contribution < 1.29 is 28.0 Å². The second-order valence-corrected chi connectivity index (χ2v) is 10.6. The van der Waals surface area contributed by atoms with E-state index in [0.717, 1.165) is 5.56 Å². The van der Waals surface area contributed by atoms with E-state index in [1.807, 2.05) is 49.3 Å². The summed E-state index contributed by atoms with van der Waals surface area (Å²) in [4.78, 5) is 33.8. The molecule has 0 fully saturated rings. The van der Waals surface area contributed by atoms with E-state index < -0.39 is 16.0 Å². The number of carboxylic acids is 1. The van der Waals surface area contributed by atoms with Crippen molar-refractivity contribution >= 4 is 44.5 Å². The molecular formula is C27H28N4O6S. The largest absolute Gasteiger partial charge is 0.478 e. The van der Waals surface area contributed by atoms with Gasteiger partial charge in [-0.3, -0.25) is 9.63 Å². The number of nitrogens with one attached hydrogen (secondary N) is 3. The first-order chi connectivity index (χ1) is 18.1. The van der Waals surface area contributed by atoms with Gasteiger partial charge in [-0.2, -0.15) is 0 Å². The van der Waals surface area contributed by atoms with Crippen molar-refractivity contribution in [3.05, 3.63) is 89.0 Å². The minimum absolute atomic E-state index is 0.0163. The third-order valence-electron chi connectivity index (χ3n) is 5.90. The number of fused-ring (bicyclic) bond motifs is 1. The van der Waals surface area contributed by atoms with E-state index in [4.69, 9.17) is 4.84 Å². The number of rotatable bonds is 10. The summed E-state index contributed by atoms with van der Waals surface area (Å²) in [6.45, 7) is 2.42. The third-order valence-corrected chi connectivity index (χ3v) is 7.13. The molecule has 3 aromatic carbocycles. The Morgan fingerprint density at radius 1 is 1.05 bits per heavy atom. The molecule has 1 amide bonds. The van der Waals surface area contributed by atoms with Gasteiger partial charge in [-0.05, 0) is 68.5 Å². The van der Waals surface area contributed by atoms with Gasteiger partial charge in [0, 0.05) is 17.8 Å². The third kappa shape index (κ3) is 5.92. The van der Waals surface area contributed by atoms with Crippen molar-refractivity contribution in [3.8, 4) is 0 Å². The number of likely N-dealkylation sites (N-methyl/N-ethyl adjacent to an activating group) is 1. The van der Waals surface area contributed by atoms with E-state index in [0.29, 0.717) is 40.3 Å². The van der Waals surface area contributed by atoms with Crippen molar-refractivity contribution in [2.75, 3.05) is 37.9 Å². The van der Waals surface area contributed by atoms with Gasteiger partial charge in [0.25, 0.3) is 15.9 Å². The van der Waals surface area contributed by atoms with Gasteiger partial charge in [-0.25, -0.2) is 13.2 Å². The molecule has 38 heavy (non-hydrogen) atoms. The average molecular weight is 537 g/mol. The molecular weight excluding hydrogens is 508 g/mol. The van der Waals surface area contributed by atoms with Gasteiger partial charge in [0.15, 0.2) is 0 Å². The highest BCUT2D eigenvalue weighted by Crippen LogP contribution is 2.39. The van der Waals surface area contributed by atoms with Crippen LogP contribution in [-0.2, 0) is 19.7 Å². The van der Waals surface area contributed by atoms with Gasteiger partial charge >= 0.3 is 5.97 Å². The van der Waals surface area contributed by atoms with E-state index in [1.165, 1.54) is 18.2 Å². The number of amides is 1. The lowest BCUT2D eigenvalue weighted by atomic mass is 9.96. The quantitative estimate of drug-likeness (QED) is 0.176. The Hall–Kier alpha value is -4.03. The minimum Gasteiger partial charge on any atom is -0.478 e. The summed E-state index contributed by atoms with van der Waals surface area (Å²) >= 11 is 0. The first-order valence-electron chi connectivity index (χ1n) is 11.7. The molecule has 3 aromatic rings. The number of aromatic carboxylic acids is 1. The number of carboxylic acid groups (broad SMARTS) is 1.